The Hall–Kier alpha value is -1.43. The topological polar surface area (TPSA) is 79.3 Å². The Kier molecular flexibility index (Phi) is 3.38. The van der Waals surface area contributed by atoms with E-state index in [0.29, 0.717) is 18.0 Å². The molecular formula is C13H18N2O3S. The quantitative estimate of drug-likeness (QED) is 0.893. The summed E-state index contributed by atoms with van der Waals surface area (Å²) in [7, 11) is 0. The number of carboxylic acids is 1. The van der Waals surface area contributed by atoms with Crippen LogP contribution >= 0.6 is 11.3 Å². The average Bonchev–Trinajstić information content (AvgIpc) is 2.87. The van der Waals surface area contributed by atoms with E-state index in [0.717, 1.165) is 0 Å². The van der Waals surface area contributed by atoms with Crippen molar-refractivity contribution in [3.8, 4) is 0 Å². The number of anilines is 1. The Labute approximate surface area is 116 Å². The zero-order valence-corrected chi connectivity index (χ0v) is 12.1. The van der Waals surface area contributed by atoms with Gasteiger partial charge in [0.25, 0.3) is 0 Å². The highest BCUT2D eigenvalue weighted by Gasteiger charge is 2.58. The summed E-state index contributed by atoms with van der Waals surface area (Å²) in [6.07, 6.45) is 2.74. The lowest BCUT2D eigenvalue weighted by Crippen LogP contribution is -2.43. The number of carbonyl (C=O) groups is 2. The molecule has 0 unspecified atom stereocenters. The molecule has 1 aliphatic rings. The molecule has 0 radical (unpaired) electrons. The van der Waals surface area contributed by atoms with E-state index in [-0.39, 0.29) is 11.8 Å². The Balaban J connectivity index is 2.18. The first kappa shape index (κ1) is 14.0. The molecular weight excluding hydrogens is 264 g/mol. The van der Waals surface area contributed by atoms with Crippen LogP contribution in [0.25, 0.3) is 0 Å². The van der Waals surface area contributed by atoms with E-state index < -0.39 is 16.8 Å². The summed E-state index contributed by atoms with van der Waals surface area (Å²) in [6, 6.07) is 0. The first-order valence-electron chi connectivity index (χ1n) is 6.23. The van der Waals surface area contributed by atoms with Crippen molar-refractivity contribution >= 4 is 28.3 Å². The van der Waals surface area contributed by atoms with Crippen molar-refractivity contribution in [3.63, 3.8) is 0 Å². The maximum atomic E-state index is 12.3. The van der Waals surface area contributed by atoms with Crippen molar-refractivity contribution < 1.29 is 14.7 Å². The van der Waals surface area contributed by atoms with Gasteiger partial charge in [-0.3, -0.25) is 9.59 Å². The number of rotatable bonds is 3. The van der Waals surface area contributed by atoms with Crippen LogP contribution < -0.4 is 5.32 Å². The first-order chi connectivity index (χ1) is 8.79. The van der Waals surface area contributed by atoms with Crippen LogP contribution in [0.5, 0.6) is 0 Å². The normalized spacial score (nSPS) is 29.1. The Morgan fingerprint density at radius 2 is 2.16 bits per heavy atom. The molecule has 1 saturated carbocycles. The lowest BCUT2D eigenvalue weighted by atomic mass is 9.65. The number of aliphatic carboxylic acids is 1. The molecule has 19 heavy (non-hydrogen) atoms. The number of carbonyl (C=O) groups excluding carboxylic acids is 1. The highest BCUT2D eigenvalue weighted by atomic mass is 32.1. The van der Waals surface area contributed by atoms with Crippen molar-refractivity contribution in [3.05, 3.63) is 11.6 Å². The van der Waals surface area contributed by atoms with Gasteiger partial charge in [0.2, 0.25) is 5.91 Å². The maximum absolute atomic E-state index is 12.3. The maximum Gasteiger partial charge on any atom is 0.309 e. The van der Waals surface area contributed by atoms with E-state index in [4.69, 9.17) is 0 Å². The second kappa shape index (κ2) is 4.59. The average molecular weight is 282 g/mol. The predicted octanol–water partition coefficient (Wildman–Crippen LogP) is 2.61. The second-order valence-electron chi connectivity index (χ2n) is 5.78. The Morgan fingerprint density at radius 3 is 2.63 bits per heavy atom. The molecule has 0 bridgehead atoms. The molecule has 6 heteroatoms. The van der Waals surface area contributed by atoms with Crippen LogP contribution in [0.2, 0.25) is 0 Å². The van der Waals surface area contributed by atoms with E-state index >= 15 is 0 Å². The molecule has 0 saturated heterocycles. The van der Waals surface area contributed by atoms with Crippen LogP contribution in [-0.4, -0.2) is 22.0 Å². The van der Waals surface area contributed by atoms with E-state index in [2.05, 4.69) is 10.3 Å². The Morgan fingerprint density at radius 1 is 1.47 bits per heavy atom. The van der Waals surface area contributed by atoms with Gasteiger partial charge in [-0.2, -0.15) is 0 Å². The van der Waals surface area contributed by atoms with Crippen LogP contribution in [0, 0.1) is 16.7 Å². The molecule has 1 aliphatic carbocycles. The fourth-order valence-corrected chi connectivity index (χ4v) is 3.35. The molecule has 0 spiro atoms. The van der Waals surface area contributed by atoms with Crippen LogP contribution in [0.3, 0.4) is 0 Å². The first-order valence-corrected chi connectivity index (χ1v) is 7.11. The summed E-state index contributed by atoms with van der Waals surface area (Å²) in [4.78, 5) is 27.8. The second-order valence-corrected chi connectivity index (χ2v) is 6.67. The van der Waals surface area contributed by atoms with Gasteiger partial charge in [-0.05, 0) is 25.2 Å². The van der Waals surface area contributed by atoms with E-state index in [1.165, 1.54) is 11.3 Å². The number of nitrogens with one attached hydrogen (secondary N) is 1. The van der Waals surface area contributed by atoms with Crippen molar-refractivity contribution in [2.24, 2.45) is 16.7 Å². The van der Waals surface area contributed by atoms with Gasteiger partial charge in [0.05, 0.1) is 5.41 Å². The van der Waals surface area contributed by atoms with Crippen LogP contribution in [0.4, 0.5) is 5.13 Å². The van der Waals surface area contributed by atoms with E-state index in [1.807, 2.05) is 13.8 Å². The minimum atomic E-state index is -0.863. The van der Waals surface area contributed by atoms with Gasteiger partial charge in [0.1, 0.15) is 0 Å². The number of aromatic nitrogens is 1. The monoisotopic (exact) mass is 282 g/mol. The van der Waals surface area contributed by atoms with E-state index in [9.17, 15) is 14.7 Å². The third kappa shape index (κ3) is 2.14. The van der Waals surface area contributed by atoms with Gasteiger partial charge < -0.3 is 10.4 Å². The van der Waals surface area contributed by atoms with Gasteiger partial charge in [-0.1, -0.05) is 13.8 Å². The fourth-order valence-electron chi connectivity index (χ4n) is 2.82. The SMILES string of the molecule is CC1(C)[C@H](C(=O)Nc2nccs2)CC[C@]1(C)C(=O)O. The van der Waals surface area contributed by atoms with Crippen LogP contribution in [0.1, 0.15) is 33.6 Å². The predicted molar refractivity (Wildman–Crippen MR) is 73.0 cm³/mol. The summed E-state index contributed by atoms with van der Waals surface area (Å²) in [5.74, 6) is -1.27. The number of hydrogen-bond acceptors (Lipinski definition) is 4. The smallest absolute Gasteiger partial charge is 0.309 e. The number of thiazole rings is 1. The zero-order chi connectivity index (χ0) is 14.3. The van der Waals surface area contributed by atoms with Crippen LogP contribution in [-0.2, 0) is 9.59 Å². The highest BCUT2D eigenvalue weighted by Crippen LogP contribution is 2.56. The summed E-state index contributed by atoms with van der Waals surface area (Å²) in [6.45, 7) is 5.45. The van der Waals surface area contributed by atoms with E-state index in [1.54, 1.807) is 18.5 Å². The van der Waals surface area contributed by atoms with Crippen molar-refractivity contribution in [2.45, 2.75) is 33.6 Å². The van der Waals surface area contributed by atoms with Crippen molar-refractivity contribution in [1.29, 1.82) is 0 Å². The summed E-state index contributed by atoms with van der Waals surface area (Å²) in [5, 5.41) is 14.5. The third-order valence-corrected chi connectivity index (χ3v) is 5.37. The molecule has 1 heterocycles. The summed E-state index contributed by atoms with van der Waals surface area (Å²) >= 11 is 1.36. The molecule has 1 fully saturated rings. The number of carboxylic acid groups (broad SMARTS) is 1. The van der Waals surface area contributed by atoms with Gasteiger partial charge in [-0.25, -0.2) is 4.98 Å². The van der Waals surface area contributed by atoms with Crippen molar-refractivity contribution in [1.82, 2.24) is 4.98 Å². The summed E-state index contributed by atoms with van der Waals surface area (Å²) in [5.41, 5.74) is -1.45. The molecule has 0 aromatic carbocycles. The molecule has 0 aliphatic heterocycles. The van der Waals surface area contributed by atoms with Gasteiger partial charge in [0, 0.05) is 17.5 Å². The number of hydrogen-bond donors (Lipinski definition) is 2. The molecule has 2 rings (SSSR count). The molecule has 1 aromatic heterocycles. The van der Waals surface area contributed by atoms with Crippen LogP contribution in [0.15, 0.2) is 11.6 Å². The molecule has 2 N–H and O–H groups in total. The van der Waals surface area contributed by atoms with Gasteiger partial charge in [-0.15, -0.1) is 11.3 Å². The Bertz CT molecular complexity index is 498. The summed E-state index contributed by atoms with van der Waals surface area (Å²) < 4.78 is 0. The lowest BCUT2D eigenvalue weighted by molar-refractivity contribution is -0.154. The molecule has 5 nitrogen and oxygen atoms in total. The third-order valence-electron chi connectivity index (χ3n) is 4.68. The lowest BCUT2D eigenvalue weighted by Gasteiger charge is -2.37. The zero-order valence-electron chi connectivity index (χ0n) is 11.3. The van der Waals surface area contributed by atoms with Gasteiger partial charge >= 0.3 is 5.97 Å². The standard InChI is InChI=1S/C13H18N2O3S/c1-12(2)8(4-5-13(12,3)10(17)18)9(16)15-11-14-6-7-19-11/h6-8H,4-5H2,1-3H3,(H,17,18)(H,14,15,16)/t8-,13+/m0/s1. The largest absolute Gasteiger partial charge is 0.481 e. The molecule has 2 atom stereocenters. The molecule has 1 amide bonds. The minimum absolute atomic E-state index is 0.134. The minimum Gasteiger partial charge on any atom is -0.481 e. The number of nitrogens with zero attached hydrogens (tertiary/aromatic N) is 1. The number of amides is 1. The fraction of sp³-hybridized carbons (Fsp3) is 0.615. The molecule has 1 aromatic rings. The highest BCUT2D eigenvalue weighted by molar-refractivity contribution is 7.13. The molecule has 104 valence electrons. The van der Waals surface area contributed by atoms with Gasteiger partial charge in [0.15, 0.2) is 5.13 Å². The van der Waals surface area contributed by atoms with Crippen molar-refractivity contribution in [2.75, 3.05) is 5.32 Å².